The first-order valence-corrected chi connectivity index (χ1v) is 10.3. The third-order valence-electron chi connectivity index (χ3n) is 6.14. The number of alkyl halides is 3. The van der Waals surface area contributed by atoms with Crippen LogP contribution < -0.4 is 5.32 Å². The Morgan fingerprint density at radius 2 is 1.58 bits per heavy atom. The molecule has 0 saturated carbocycles. The van der Waals surface area contributed by atoms with Gasteiger partial charge in [-0.2, -0.15) is 13.2 Å². The number of carboxylic acid groups (broad SMARTS) is 1. The fourth-order valence-corrected chi connectivity index (χ4v) is 4.50. The quantitative estimate of drug-likeness (QED) is 0.711. The smallest absolute Gasteiger partial charge is 0.407 e. The van der Waals surface area contributed by atoms with Crippen LogP contribution in [0.3, 0.4) is 0 Å². The number of nitrogens with zero attached hydrogens (tertiary/aromatic N) is 1. The minimum absolute atomic E-state index is 0.0228. The van der Waals surface area contributed by atoms with Crippen molar-refractivity contribution in [3.63, 3.8) is 0 Å². The number of alkyl carbamates (subject to hydrolysis) is 1. The Morgan fingerprint density at radius 3 is 2.09 bits per heavy atom. The Balaban J connectivity index is 1.33. The maximum absolute atomic E-state index is 13.1. The molecule has 0 spiro atoms. The number of ether oxygens (including phenoxy) is 1. The Bertz CT molecular complexity index is 1040. The lowest BCUT2D eigenvalue weighted by molar-refractivity contribution is -0.188. The van der Waals surface area contributed by atoms with Crippen LogP contribution in [0.5, 0.6) is 0 Å². The summed E-state index contributed by atoms with van der Waals surface area (Å²) in [5.74, 6) is -6.48. The van der Waals surface area contributed by atoms with E-state index in [4.69, 9.17) is 9.84 Å². The van der Waals surface area contributed by atoms with E-state index in [1.807, 2.05) is 48.5 Å². The Hall–Kier alpha value is -3.56. The lowest BCUT2D eigenvalue weighted by Gasteiger charge is -2.19. The van der Waals surface area contributed by atoms with Crippen LogP contribution >= 0.6 is 0 Å². The third kappa shape index (κ3) is 4.50. The molecule has 33 heavy (non-hydrogen) atoms. The molecule has 1 saturated heterocycles. The van der Waals surface area contributed by atoms with Crippen molar-refractivity contribution in [2.24, 2.45) is 11.8 Å². The molecule has 2 atom stereocenters. The maximum Gasteiger partial charge on any atom is 0.407 e. The number of fused-ring (bicyclic) bond motifs is 3. The lowest BCUT2D eigenvalue weighted by atomic mass is 9.96. The topological polar surface area (TPSA) is 95.9 Å². The minimum Gasteiger partial charge on any atom is -0.481 e. The highest BCUT2D eigenvalue weighted by molar-refractivity contribution is 5.84. The number of likely N-dealkylation sites (tertiary alicyclic amines) is 1. The van der Waals surface area contributed by atoms with Gasteiger partial charge in [0.2, 0.25) is 5.91 Å². The molecule has 2 amide bonds. The van der Waals surface area contributed by atoms with Crippen molar-refractivity contribution in [2.75, 3.05) is 26.2 Å². The molecule has 10 heteroatoms. The van der Waals surface area contributed by atoms with Gasteiger partial charge in [-0.25, -0.2) is 4.79 Å². The molecular formula is C23H21F3N2O5. The Morgan fingerprint density at radius 1 is 1.00 bits per heavy atom. The molecule has 1 fully saturated rings. The van der Waals surface area contributed by atoms with Gasteiger partial charge in [-0.05, 0) is 22.3 Å². The van der Waals surface area contributed by atoms with Gasteiger partial charge in [-0.3, -0.25) is 9.59 Å². The standard InChI is InChI=1S/C23H21F3N2O5/c24-23(25,26)19-11-28(10-17(19)21(30)31)20(29)9-27-22(32)33-12-18-15-7-3-1-5-13(15)14-6-2-4-8-16(14)18/h1-8,17-19H,9-12H2,(H,27,32)(H,30,31). The molecule has 4 rings (SSSR count). The summed E-state index contributed by atoms with van der Waals surface area (Å²) >= 11 is 0. The van der Waals surface area contributed by atoms with E-state index in [0.717, 1.165) is 27.2 Å². The lowest BCUT2D eigenvalue weighted by Crippen LogP contribution is -2.40. The van der Waals surface area contributed by atoms with Crippen LogP contribution in [0, 0.1) is 11.8 Å². The van der Waals surface area contributed by atoms with E-state index in [-0.39, 0.29) is 12.5 Å². The summed E-state index contributed by atoms with van der Waals surface area (Å²) in [6.07, 6.45) is -5.62. The fraction of sp³-hybridized carbons (Fsp3) is 0.348. The Kier molecular flexibility index (Phi) is 6.01. The van der Waals surface area contributed by atoms with Gasteiger partial charge in [0.15, 0.2) is 0 Å². The van der Waals surface area contributed by atoms with Crippen molar-refractivity contribution in [3.05, 3.63) is 59.7 Å². The predicted molar refractivity (Wildman–Crippen MR) is 110 cm³/mol. The first-order chi connectivity index (χ1) is 15.7. The highest BCUT2D eigenvalue weighted by Gasteiger charge is 2.53. The van der Waals surface area contributed by atoms with Crippen LogP contribution in [0.2, 0.25) is 0 Å². The number of rotatable bonds is 5. The van der Waals surface area contributed by atoms with E-state index in [2.05, 4.69) is 5.32 Å². The molecule has 0 bridgehead atoms. The van der Waals surface area contributed by atoms with Crippen LogP contribution in [-0.4, -0.2) is 60.4 Å². The second kappa shape index (κ2) is 8.76. The van der Waals surface area contributed by atoms with Crippen molar-refractivity contribution in [2.45, 2.75) is 12.1 Å². The molecule has 2 unspecified atom stereocenters. The highest BCUT2D eigenvalue weighted by Crippen LogP contribution is 2.44. The zero-order chi connectivity index (χ0) is 23.8. The summed E-state index contributed by atoms with van der Waals surface area (Å²) in [6, 6.07) is 15.5. The number of benzene rings is 2. The molecular weight excluding hydrogens is 441 g/mol. The number of hydrogen-bond acceptors (Lipinski definition) is 4. The minimum atomic E-state index is -4.74. The molecule has 1 aliphatic heterocycles. The summed E-state index contributed by atoms with van der Waals surface area (Å²) in [5, 5.41) is 11.3. The van der Waals surface area contributed by atoms with Crippen molar-refractivity contribution in [1.82, 2.24) is 10.2 Å². The summed E-state index contributed by atoms with van der Waals surface area (Å²) in [7, 11) is 0. The molecule has 0 aromatic heterocycles. The van der Waals surface area contributed by atoms with Gasteiger partial charge < -0.3 is 20.1 Å². The first kappa shape index (κ1) is 22.6. The zero-order valence-corrected chi connectivity index (χ0v) is 17.3. The van der Waals surface area contributed by atoms with Gasteiger partial charge in [-0.15, -0.1) is 0 Å². The molecule has 2 aliphatic rings. The van der Waals surface area contributed by atoms with E-state index in [1.165, 1.54) is 0 Å². The second-order valence-corrected chi connectivity index (χ2v) is 8.07. The van der Waals surface area contributed by atoms with Crippen LogP contribution in [0.15, 0.2) is 48.5 Å². The molecule has 1 heterocycles. The average molecular weight is 462 g/mol. The summed E-state index contributed by atoms with van der Waals surface area (Å²) in [5.41, 5.74) is 4.13. The number of amides is 2. The van der Waals surface area contributed by atoms with Crippen LogP contribution in [-0.2, 0) is 14.3 Å². The number of aliphatic carboxylic acids is 1. The van der Waals surface area contributed by atoms with Gasteiger partial charge in [-0.1, -0.05) is 48.5 Å². The molecule has 7 nitrogen and oxygen atoms in total. The number of halogens is 3. The summed E-state index contributed by atoms with van der Waals surface area (Å²) in [4.78, 5) is 36.4. The number of hydrogen-bond donors (Lipinski definition) is 2. The number of carboxylic acids is 1. The number of carbonyl (C=O) groups excluding carboxylic acids is 2. The molecule has 1 aliphatic carbocycles. The van der Waals surface area contributed by atoms with Gasteiger partial charge in [0.1, 0.15) is 13.2 Å². The molecule has 2 aromatic rings. The molecule has 2 aromatic carbocycles. The predicted octanol–water partition coefficient (Wildman–Crippen LogP) is 3.25. The van der Waals surface area contributed by atoms with E-state index in [9.17, 15) is 27.6 Å². The molecule has 174 valence electrons. The highest BCUT2D eigenvalue weighted by atomic mass is 19.4. The van der Waals surface area contributed by atoms with Crippen LogP contribution in [0.4, 0.5) is 18.0 Å². The van der Waals surface area contributed by atoms with E-state index in [1.54, 1.807) is 0 Å². The van der Waals surface area contributed by atoms with E-state index >= 15 is 0 Å². The third-order valence-corrected chi connectivity index (χ3v) is 6.14. The van der Waals surface area contributed by atoms with E-state index in [0.29, 0.717) is 0 Å². The SMILES string of the molecule is O=C(NCC(=O)N1CC(C(=O)O)C(C(F)(F)F)C1)OCC1c2ccccc2-c2ccccc21. The first-order valence-electron chi connectivity index (χ1n) is 10.3. The monoisotopic (exact) mass is 462 g/mol. The maximum atomic E-state index is 13.1. The largest absolute Gasteiger partial charge is 0.481 e. The van der Waals surface area contributed by atoms with Crippen LogP contribution in [0.25, 0.3) is 11.1 Å². The van der Waals surface area contributed by atoms with Crippen molar-refractivity contribution in [3.8, 4) is 11.1 Å². The second-order valence-electron chi connectivity index (χ2n) is 8.07. The molecule has 0 radical (unpaired) electrons. The zero-order valence-electron chi connectivity index (χ0n) is 17.3. The fourth-order valence-electron chi connectivity index (χ4n) is 4.50. The Labute approximate surface area is 187 Å². The van der Waals surface area contributed by atoms with Gasteiger partial charge in [0.05, 0.1) is 11.8 Å². The van der Waals surface area contributed by atoms with Crippen molar-refractivity contribution < 1.29 is 37.4 Å². The number of nitrogens with one attached hydrogen (secondary N) is 1. The average Bonchev–Trinajstić information content (AvgIpc) is 3.37. The van der Waals surface area contributed by atoms with Crippen molar-refractivity contribution >= 4 is 18.0 Å². The molecule has 2 N–H and O–H groups in total. The summed E-state index contributed by atoms with van der Waals surface area (Å²) < 4.78 is 44.6. The summed E-state index contributed by atoms with van der Waals surface area (Å²) in [6.45, 7) is -1.89. The van der Waals surface area contributed by atoms with E-state index < -0.39 is 55.6 Å². The van der Waals surface area contributed by atoms with Gasteiger partial charge >= 0.3 is 18.2 Å². The van der Waals surface area contributed by atoms with Crippen LogP contribution in [0.1, 0.15) is 17.0 Å². The van der Waals surface area contributed by atoms with Gasteiger partial charge in [0.25, 0.3) is 0 Å². The number of carbonyl (C=O) groups is 3. The van der Waals surface area contributed by atoms with Gasteiger partial charge in [0, 0.05) is 19.0 Å². The normalized spacial score (nSPS) is 19.7. The van der Waals surface area contributed by atoms with Crippen molar-refractivity contribution in [1.29, 1.82) is 0 Å².